The molecule has 0 aromatic rings. The Hall–Kier alpha value is -1.36. The standard InChI is InChI=1S/C28H51NO4/c1-3-4-5-6-7-8-9-10-11-12-13-14-15-16-17-18-19-20-29-21-23-32-27(30)25-26(2)28(31)33-24-22-29/h2-25H2,1H3. The first-order valence-corrected chi connectivity index (χ1v) is 13.9. The fourth-order valence-corrected chi connectivity index (χ4v) is 4.35. The van der Waals surface area contributed by atoms with Gasteiger partial charge in [-0.3, -0.25) is 9.69 Å². The lowest BCUT2D eigenvalue weighted by molar-refractivity contribution is -0.145. The topological polar surface area (TPSA) is 55.8 Å². The van der Waals surface area contributed by atoms with Crippen molar-refractivity contribution >= 4 is 11.9 Å². The Kier molecular flexibility index (Phi) is 19.1. The lowest BCUT2D eigenvalue weighted by atomic mass is 10.0. The van der Waals surface area contributed by atoms with Crippen LogP contribution in [0.15, 0.2) is 12.2 Å². The molecule has 0 spiro atoms. The molecule has 1 rings (SSSR count). The number of carbonyl (C=O) groups is 2. The van der Waals surface area contributed by atoms with Crippen LogP contribution in [0, 0.1) is 0 Å². The summed E-state index contributed by atoms with van der Waals surface area (Å²) in [5.41, 5.74) is 0.168. The molecule has 0 saturated carbocycles. The van der Waals surface area contributed by atoms with E-state index in [0.717, 1.165) is 13.0 Å². The Labute approximate surface area is 203 Å². The summed E-state index contributed by atoms with van der Waals surface area (Å²) in [6, 6.07) is 0. The summed E-state index contributed by atoms with van der Waals surface area (Å²) in [4.78, 5) is 25.7. The van der Waals surface area contributed by atoms with E-state index < -0.39 is 11.9 Å². The highest BCUT2D eigenvalue weighted by molar-refractivity contribution is 5.93. The van der Waals surface area contributed by atoms with E-state index in [1.807, 2.05) is 0 Å². The molecular formula is C28H51NO4. The summed E-state index contributed by atoms with van der Waals surface area (Å²) < 4.78 is 10.4. The SMILES string of the molecule is C=C1CC(=O)OCCN(CCCCCCCCCCCCCCCCCCC)CCOC1=O. The van der Waals surface area contributed by atoms with E-state index in [9.17, 15) is 9.59 Å². The first-order chi connectivity index (χ1) is 16.1. The molecule has 0 aromatic heterocycles. The van der Waals surface area contributed by atoms with Crippen molar-refractivity contribution in [2.24, 2.45) is 0 Å². The Morgan fingerprint density at radius 1 is 0.667 bits per heavy atom. The lowest BCUT2D eigenvalue weighted by Gasteiger charge is -2.21. The molecule has 0 amide bonds. The molecule has 1 saturated heterocycles. The molecule has 1 aliphatic heterocycles. The molecule has 1 heterocycles. The van der Waals surface area contributed by atoms with E-state index in [0.29, 0.717) is 26.3 Å². The smallest absolute Gasteiger partial charge is 0.334 e. The normalized spacial score (nSPS) is 16.3. The van der Waals surface area contributed by atoms with Crippen molar-refractivity contribution in [2.45, 2.75) is 122 Å². The average molecular weight is 466 g/mol. The summed E-state index contributed by atoms with van der Waals surface area (Å²) in [5, 5.41) is 0. The number of hydrogen-bond acceptors (Lipinski definition) is 5. The molecule has 33 heavy (non-hydrogen) atoms. The van der Waals surface area contributed by atoms with Crippen molar-refractivity contribution < 1.29 is 19.1 Å². The Bertz CT molecular complexity index is 520. The van der Waals surface area contributed by atoms with Gasteiger partial charge >= 0.3 is 11.9 Å². The summed E-state index contributed by atoms with van der Waals surface area (Å²) in [6.07, 6.45) is 23.2. The van der Waals surface area contributed by atoms with Crippen LogP contribution >= 0.6 is 0 Å². The minimum atomic E-state index is -0.494. The second-order valence-corrected chi connectivity index (χ2v) is 9.64. The molecule has 0 radical (unpaired) electrons. The highest BCUT2D eigenvalue weighted by Gasteiger charge is 2.17. The third-order valence-electron chi connectivity index (χ3n) is 6.54. The molecule has 0 bridgehead atoms. The molecule has 5 nitrogen and oxygen atoms in total. The van der Waals surface area contributed by atoms with E-state index in [2.05, 4.69) is 18.4 Å². The summed E-state index contributed by atoms with van der Waals surface area (Å²) in [5.74, 6) is -0.900. The van der Waals surface area contributed by atoms with Gasteiger partial charge in [0.2, 0.25) is 0 Å². The van der Waals surface area contributed by atoms with E-state index in [1.165, 1.54) is 103 Å². The van der Waals surface area contributed by atoms with Crippen LogP contribution in [0.5, 0.6) is 0 Å². The van der Waals surface area contributed by atoms with Crippen molar-refractivity contribution in [3.63, 3.8) is 0 Å². The average Bonchev–Trinajstić information content (AvgIpc) is 2.82. The Balaban J connectivity index is 1.92. The summed E-state index contributed by atoms with van der Waals surface area (Å²) >= 11 is 0. The van der Waals surface area contributed by atoms with Gasteiger partial charge in [0.05, 0.1) is 6.42 Å². The van der Waals surface area contributed by atoms with Gasteiger partial charge in [0.25, 0.3) is 0 Å². The number of nitrogens with zero attached hydrogens (tertiary/aromatic N) is 1. The van der Waals surface area contributed by atoms with Gasteiger partial charge in [-0.05, 0) is 13.0 Å². The molecule has 192 valence electrons. The van der Waals surface area contributed by atoms with Crippen LogP contribution in [0.25, 0.3) is 0 Å². The lowest BCUT2D eigenvalue weighted by Crippen LogP contribution is -2.32. The minimum absolute atomic E-state index is 0.0853. The summed E-state index contributed by atoms with van der Waals surface area (Å²) in [6.45, 7) is 8.90. The highest BCUT2D eigenvalue weighted by Crippen LogP contribution is 2.14. The molecule has 0 N–H and O–H groups in total. The van der Waals surface area contributed by atoms with Gasteiger partial charge in [-0.15, -0.1) is 0 Å². The number of ether oxygens (including phenoxy) is 2. The van der Waals surface area contributed by atoms with Crippen molar-refractivity contribution in [3.05, 3.63) is 12.2 Å². The number of carbonyl (C=O) groups excluding carboxylic acids is 2. The van der Waals surface area contributed by atoms with Crippen molar-refractivity contribution in [1.29, 1.82) is 0 Å². The fraction of sp³-hybridized carbons (Fsp3) is 0.857. The maximum atomic E-state index is 11.8. The van der Waals surface area contributed by atoms with Crippen LogP contribution in [0.4, 0.5) is 0 Å². The first kappa shape index (κ1) is 29.7. The zero-order valence-corrected chi connectivity index (χ0v) is 21.6. The quantitative estimate of drug-likeness (QED) is 0.124. The molecule has 5 heteroatoms. The molecule has 1 aliphatic rings. The zero-order chi connectivity index (χ0) is 24.0. The maximum Gasteiger partial charge on any atom is 0.334 e. The molecule has 0 aromatic carbocycles. The maximum absolute atomic E-state index is 11.8. The van der Waals surface area contributed by atoms with Gasteiger partial charge in [0.1, 0.15) is 13.2 Å². The second kappa shape index (κ2) is 21.2. The van der Waals surface area contributed by atoms with Crippen LogP contribution in [0.2, 0.25) is 0 Å². The third kappa shape index (κ3) is 17.7. The van der Waals surface area contributed by atoms with Crippen molar-refractivity contribution in [2.75, 3.05) is 32.8 Å². The van der Waals surface area contributed by atoms with Gasteiger partial charge in [-0.2, -0.15) is 0 Å². The van der Waals surface area contributed by atoms with Gasteiger partial charge in [-0.1, -0.05) is 116 Å². The van der Waals surface area contributed by atoms with E-state index in [1.54, 1.807) is 0 Å². The Morgan fingerprint density at radius 2 is 1.09 bits per heavy atom. The van der Waals surface area contributed by atoms with Gasteiger partial charge in [0, 0.05) is 18.7 Å². The summed E-state index contributed by atoms with van der Waals surface area (Å²) in [7, 11) is 0. The van der Waals surface area contributed by atoms with Crippen LogP contribution in [-0.2, 0) is 19.1 Å². The number of unbranched alkanes of at least 4 members (excludes halogenated alkanes) is 16. The first-order valence-electron chi connectivity index (χ1n) is 13.9. The van der Waals surface area contributed by atoms with Crippen molar-refractivity contribution in [3.8, 4) is 0 Å². The second-order valence-electron chi connectivity index (χ2n) is 9.64. The fourth-order valence-electron chi connectivity index (χ4n) is 4.35. The predicted octanol–water partition coefficient (Wildman–Crippen LogP) is 6.99. The van der Waals surface area contributed by atoms with Crippen LogP contribution in [0.1, 0.15) is 122 Å². The largest absolute Gasteiger partial charge is 0.464 e. The zero-order valence-electron chi connectivity index (χ0n) is 21.6. The number of rotatable bonds is 18. The number of cyclic esters (lactones) is 2. The highest BCUT2D eigenvalue weighted by atomic mass is 16.5. The molecular weight excluding hydrogens is 414 g/mol. The van der Waals surface area contributed by atoms with Crippen LogP contribution in [-0.4, -0.2) is 49.7 Å². The molecule has 0 atom stereocenters. The van der Waals surface area contributed by atoms with Crippen LogP contribution in [0.3, 0.4) is 0 Å². The number of hydrogen-bond donors (Lipinski definition) is 0. The molecule has 1 fully saturated rings. The monoisotopic (exact) mass is 465 g/mol. The van der Waals surface area contributed by atoms with Gasteiger partial charge < -0.3 is 9.47 Å². The van der Waals surface area contributed by atoms with Crippen molar-refractivity contribution in [1.82, 2.24) is 4.90 Å². The van der Waals surface area contributed by atoms with E-state index >= 15 is 0 Å². The third-order valence-corrected chi connectivity index (χ3v) is 6.54. The van der Waals surface area contributed by atoms with Gasteiger partial charge in [0.15, 0.2) is 0 Å². The Morgan fingerprint density at radius 3 is 1.58 bits per heavy atom. The predicted molar refractivity (Wildman–Crippen MR) is 136 cm³/mol. The molecule has 0 aliphatic carbocycles. The number of esters is 2. The van der Waals surface area contributed by atoms with Gasteiger partial charge in [-0.25, -0.2) is 4.79 Å². The minimum Gasteiger partial charge on any atom is -0.464 e. The van der Waals surface area contributed by atoms with E-state index in [4.69, 9.17) is 9.47 Å². The van der Waals surface area contributed by atoms with Crippen LogP contribution < -0.4 is 0 Å². The molecule has 0 unspecified atom stereocenters. The van der Waals surface area contributed by atoms with E-state index in [-0.39, 0.29) is 12.0 Å².